The summed E-state index contributed by atoms with van der Waals surface area (Å²) in [4.78, 5) is 32.2. The van der Waals surface area contributed by atoms with E-state index in [9.17, 15) is 18.5 Å². The van der Waals surface area contributed by atoms with Gasteiger partial charge in [-0.15, -0.1) is 4.91 Å². The summed E-state index contributed by atoms with van der Waals surface area (Å²) in [6.07, 6.45) is 1.83. The Morgan fingerprint density at radius 1 is 1.42 bits per heavy atom. The van der Waals surface area contributed by atoms with Crippen molar-refractivity contribution in [1.29, 1.82) is 0 Å². The van der Waals surface area contributed by atoms with Gasteiger partial charge in [0, 0.05) is 31.7 Å². The highest BCUT2D eigenvalue weighted by Crippen LogP contribution is 2.32. The van der Waals surface area contributed by atoms with Crippen LogP contribution in [0.2, 0.25) is 0 Å². The van der Waals surface area contributed by atoms with E-state index in [1.165, 1.54) is 6.20 Å². The molecule has 180 valence electrons. The van der Waals surface area contributed by atoms with E-state index in [0.29, 0.717) is 32.2 Å². The van der Waals surface area contributed by atoms with Gasteiger partial charge < -0.3 is 15.8 Å². The smallest absolute Gasteiger partial charge is 0.234 e. The van der Waals surface area contributed by atoms with Crippen molar-refractivity contribution in [2.75, 3.05) is 51.8 Å². The van der Waals surface area contributed by atoms with Crippen LogP contribution in [0, 0.1) is 16.6 Å². The number of pyridine rings is 1. The van der Waals surface area contributed by atoms with E-state index in [1.54, 1.807) is 11.9 Å². The molecular weight excluding hydrogens is 436 g/mol. The predicted molar refractivity (Wildman–Crippen MR) is 118 cm³/mol. The van der Waals surface area contributed by atoms with Crippen molar-refractivity contribution >= 4 is 17.2 Å². The van der Waals surface area contributed by atoms with E-state index in [1.807, 2.05) is 6.08 Å². The third-order valence-electron chi connectivity index (χ3n) is 6.50. The van der Waals surface area contributed by atoms with Crippen LogP contribution in [0.25, 0.3) is 5.57 Å². The van der Waals surface area contributed by atoms with Crippen LogP contribution in [0.15, 0.2) is 23.6 Å². The number of halogens is 2. The highest BCUT2D eigenvalue weighted by Gasteiger charge is 2.40. The fourth-order valence-corrected chi connectivity index (χ4v) is 4.60. The number of carbonyl (C=O) groups excluding carboxylic acids is 1. The van der Waals surface area contributed by atoms with Crippen LogP contribution in [0.4, 0.5) is 14.5 Å². The Morgan fingerprint density at radius 2 is 2.21 bits per heavy atom. The molecule has 0 spiro atoms. The van der Waals surface area contributed by atoms with E-state index in [2.05, 4.69) is 25.7 Å². The zero-order chi connectivity index (χ0) is 23.5. The zero-order valence-corrected chi connectivity index (χ0v) is 18.4. The minimum absolute atomic E-state index is 0.0204. The first-order chi connectivity index (χ1) is 15.9. The minimum atomic E-state index is -1.38. The molecule has 3 aliphatic rings. The molecule has 12 heteroatoms. The number of hydrogen-bond donors (Lipinski definition) is 3. The van der Waals surface area contributed by atoms with Crippen LogP contribution >= 0.6 is 0 Å². The van der Waals surface area contributed by atoms with E-state index in [-0.39, 0.29) is 24.3 Å². The van der Waals surface area contributed by atoms with E-state index < -0.39 is 36.1 Å². The number of carbonyl (C=O) groups is 1. The van der Waals surface area contributed by atoms with Gasteiger partial charge in [0.05, 0.1) is 43.5 Å². The lowest BCUT2D eigenvalue weighted by molar-refractivity contribution is -0.124. The molecule has 10 nitrogen and oxygen atoms in total. The summed E-state index contributed by atoms with van der Waals surface area (Å²) in [6.45, 7) is 2.91. The molecule has 4 rings (SSSR count). The number of nitrogens with one attached hydrogen (secondary N) is 2. The van der Waals surface area contributed by atoms with Gasteiger partial charge in [0.15, 0.2) is 12.0 Å². The molecule has 4 unspecified atom stereocenters. The third-order valence-corrected chi connectivity index (χ3v) is 6.50. The average molecular weight is 466 g/mol. The molecule has 1 aromatic heterocycles. The number of ether oxygens (including phenoxy) is 1. The molecule has 1 amide bonds. The molecule has 4 heterocycles. The van der Waals surface area contributed by atoms with Gasteiger partial charge in [0.1, 0.15) is 12.1 Å². The Balaban J connectivity index is 1.55. The van der Waals surface area contributed by atoms with Gasteiger partial charge in [-0.25, -0.2) is 8.78 Å². The van der Waals surface area contributed by atoms with Gasteiger partial charge in [-0.1, -0.05) is 11.3 Å². The van der Waals surface area contributed by atoms with Gasteiger partial charge in [-0.3, -0.25) is 24.9 Å². The van der Waals surface area contributed by atoms with E-state index >= 15 is 0 Å². The fraction of sp³-hybridized carbons (Fsp3) is 0.619. The van der Waals surface area contributed by atoms with Crippen LogP contribution < -0.4 is 16.4 Å². The number of aromatic nitrogens is 1. The second kappa shape index (κ2) is 10.3. The first kappa shape index (κ1) is 23.8. The molecule has 2 saturated heterocycles. The van der Waals surface area contributed by atoms with Crippen molar-refractivity contribution in [2.45, 2.75) is 31.0 Å². The summed E-state index contributed by atoms with van der Waals surface area (Å²) < 4.78 is 33.8. The Bertz CT molecular complexity index is 914. The highest BCUT2D eigenvalue weighted by atomic mass is 19.1. The van der Waals surface area contributed by atoms with E-state index in [4.69, 9.17) is 10.5 Å². The lowest BCUT2D eigenvalue weighted by Gasteiger charge is -2.40. The number of hydrogen-bond acceptors (Lipinski definition) is 9. The summed E-state index contributed by atoms with van der Waals surface area (Å²) >= 11 is 0. The quantitative estimate of drug-likeness (QED) is 0.498. The Labute approximate surface area is 190 Å². The maximum absolute atomic E-state index is 14.9. The van der Waals surface area contributed by atoms with Crippen LogP contribution in [0.3, 0.4) is 0 Å². The topological polar surface area (TPSA) is 125 Å². The number of rotatable bonds is 7. The monoisotopic (exact) mass is 465 g/mol. The number of nitrogens with zero attached hydrogens (tertiary/aromatic N) is 4. The average Bonchev–Trinajstić information content (AvgIpc) is 2.75. The Hall–Kier alpha value is -2.38. The molecule has 2 fully saturated rings. The predicted octanol–water partition coefficient (Wildman–Crippen LogP) is 0.514. The van der Waals surface area contributed by atoms with Gasteiger partial charge in [0.2, 0.25) is 5.91 Å². The van der Waals surface area contributed by atoms with Crippen molar-refractivity contribution in [3.05, 3.63) is 34.8 Å². The first-order valence-corrected chi connectivity index (χ1v) is 11.0. The van der Waals surface area contributed by atoms with Crippen LogP contribution in [0.1, 0.15) is 12.0 Å². The molecule has 0 aromatic carbocycles. The maximum Gasteiger partial charge on any atom is 0.234 e. The third kappa shape index (κ3) is 5.09. The highest BCUT2D eigenvalue weighted by molar-refractivity contribution is 5.96. The van der Waals surface area contributed by atoms with Gasteiger partial charge in [-0.05, 0) is 19.0 Å². The summed E-state index contributed by atoms with van der Waals surface area (Å²) in [5.41, 5.74) is 7.08. The molecule has 0 radical (unpaired) electrons. The first-order valence-electron chi connectivity index (χ1n) is 11.0. The van der Waals surface area contributed by atoms with Crippen LogP contribution in [-0.4, -0.2) is 91.7 Å². The molecule has 4 atom stereocenters. The van der Waals surface area contributed by atoms with Crippen LogP contribution in [0.5, 0.6) is 0 Å². The number of nitroso groups, excluding NO2 is 1. The summed E-state index contributed by atoms with van der Waals surface area (Å²) in [7, 11) is 1.63. The number of alkyl halides is 1. The normalized spacial score (nSPS) is 26.7. The largest absolute Gasteiger partial charge is 0.378 e. The second-order valence-corrected chi connectivity index (χ2v) is 8.71. The molecule has 1 aromatic rings. The zero-order valence-electron chi connectivity index (χ0n) is 18.4. The standard InChI is InChI=1S/C21H29F2N7O3/c1-29-9-13(22)6-26-20(29)18(19(24)28-32)21(31)27-16-8-25-7-15(23)17(16)12-2-4-30(5-3-12)14-10-33-11-14/h2,7-8,13-14,18-20,26H,3-6,9-11,24H2,1H3,(H,27,31). The summed E-state index contributed by atoms with van der Waals surface area (Å²) in [6, 6.07) is 0.381. The van der Waals surface area contributed by atoms with Gasteiger partial charge >= 0.3 is 0 Å². The molecule has 0 aliphatic carbocycles. The van der Waals surface area contributed by atoms with Crippen molar-refractivity contribution in [1.82, 2.24) is 20.1 Å². The van der Waals surface area contributed by atoms with Gasteiger partial charge in [0.25, 0.3) is 0 Å². The number of amides is 1. The number of anilines is 1. The van der Waals surface area contributed by atoms with Crippen molar-refractivity contribution < 1.29 is 18.3 Å². The summed E-state index contributed by atoms with van der Waals surface area (Å²) in [5, 5.41) is 8.44. The van der Waals surface area contributed by atoms with Crippen molar-refractivity contribution in [2.24, 2.45) is 16.8 Å². The lowest BCUT2D eigenvalue weighted by Crippen LogP contribution is -2.62. The maximum atomic E-state index is 14.9. The Morgan fingerprint density at radius 3 is 2.82 bits per heavy atom. The SMILES string of the molecule is CN1CC(F)CNC1C(C(=O)Nc1cncc(F)c1C1=CCN(C2COC2)CC1)C(N)N=O. The second-order valence-electron chi connectivity index (χ2n) is 8.71. The molecular formula is C21H29F2N7O3. The molecule has 0 bridgehead atoms. The van der Waals surface area contributed by atoms with Crippen molar-refractivity contribution in [3.8, 4) is 0 Å². The molecule has 33 heavy (non-hydrogen) atoms. The van der Waals surface area contributed by atoms with Gasteiger partial charge in [-0.2, -0.15) is 0 Å². The lowest BCUT2D eigenvalue weighted by atomic mass is 9.95. The Kier molecular flexibility index (Phi) is 7.39. The fourth-order valence-electron chi connectivity index (χ4n) is 4.60. The van der Waals surface area contributed by atoms with Crippen molar-refractivity contribution in [3.63, 3.8) is 0 Å². The minimum Gasteiger partial charge on any atom is -0.378 e. The summed E-state index contributed by atoms with van der Waals surface area (Å²) in [5.74, 6) is -2.30. The van der Waals surface area contributed by atoms with Crippen LogP contribution in [-0.2, 0) is 9.53 Å². The molecule has 0 saturated carbocycles. The number of nitrogens with two attached hydrogens (primary N) is 1. The molecule has 4 N–H and O–H groups in total. The van der Waals surface area contributed by atoms with E-state index in [0.717, 1.165) is 18.3 Å². The molecule has 3 aliphatic heterocycles.